The van der Waals surface area contributed by atoms with Crippen molar-refractivity contribution in [2.45, 2.75) is 25.8 Å². The highest BCUT2D eigenvalue weighted by Gasteiger charge is 2.31. The number of rotatable bonds is 4. The van der Waals surface area contributed by atoms with E-state index in [0.717, 1.165) is 24.8 Å². The minimum atomic E-state index is 0. The van der Waals surface area contributed by atoms with Gasteiger partial charge in [0.25, 0.3) is 0 Å². The topological polar surface area (TPSA) is 73.6 Å². The number of hydrogen-bond donors (Lipinski definition) is 2. The first-order chi connectivity index (χ1) is 10.7. The van der Waals surface area contributed by atoms with E-state index in [9.17, 15) is 4.79 Å². The third-order valence-electron chi connectivity index (χ3n) is 4.42. The van der Waals surface area contributed by atoms with Gasteiger partial charge in [-0.15, -0.1) is 12.4 Å². The molecule has 1 amide bonds. The molecule has 0 saturated heterocycles. The van der Waals surface area contributed by atoms with Gasteiger partial charge in [0.15, 0.2) is 11.5 Å². The summed E-state index contributed by atoms with van der Waals surface area (Å²) in [6.07, 6.45) is 3.05. The van der Waals surface area contributed by atoms with Crippen molar-refractivity contribution in [3.05, 3.63) is 22.7 Å². The quantitative estimate of drug-likeness (QED) is 0.864. The fourth-order valence-electron chi connectivity index (χ4n) is 3.25. The maximum atomic E-state index is 12.3. The number of carbonyl (C=O) groups excluding carboxylic acids is 1. The fourth-order valence-corrected chi connectivity index (χ4v) is 3.54. The summed E-state index contributed by atoms with van der Waals surface area (Å²) < 4.78 is 11.0. The van der Waals surface area contributed by atoms with E-state index in [1.807, 2.05) is 12.1 Å². The van der Waals surface area contributed by atoms with Crippen LogP contribution in [0.5, 0.6) is 11.5 Å². The van der Waals surface area contributed by atoms with Crippen LogP contribution in [0.4, 0.5) is 0 Å². The van der Waals surface area contributed by atoms with Crippen molar-refractivity contribution in [2.24, 2.45) is 17.6 Å². The summed E-state index contributed by atoms with van der Waals surface area (Å²) in [4.78, 5) is 12.3. The minimum Gasteiger partial charge on any atom is -0.486 e. The van der Waals surface area contributed by atoms with Gasteiger partial charge in [-0.05, 0) is 43.0 Å². The SMILES string of the molecule is Cl.NC[C@H]1CCC[C@H]1C(=O)NCc1cc(Cl)c2c(c1)OCCO2. The Morgan fingerprint density at radius 2 is 2.09 bits per heavy atom. The fraction of sp³-hybridized carbons (Fsp3) is 0.562. The largest absolute Gasteiger partial charge is 0.486 e. The second-order valence-electron chi connectivity index (χ2n) is 5.85. The Balaban J connectivity index is 0.00000192. The Morgan fingerprint density at radius 1 is 1.30 bits per heavy atom. The van der Waals surface area contributed by atoms with E-state index in [1.165, 1.54) is 0 Å². The second kappa shape index (κ2) is 8.08. The van der Waals surface area contributed by atoms with Crippen LogP contribution in [0.1, 0.15) is 24.8 Å². The lowest BCUT2D eigenvalue weighted by Gasteiger charge is -2.21. The highest BCUT2D eigenvalue weighted by molar-refractivity contribution is 6.32. The molecule has 128 valence electrons. The molecule has 0 aromatic heterocycles. The number of hydrogen-bond acceptors (Lipinski definition) is 4. The average Bonchev–Trinajstić information content (AvgIpc) is 3.01. The molecule has 7 heteroatoms. The predicted octanol–water partition coefficient (Wildman–Crippen LogP) is 2.52. The molecule has 2 atom stereocenters. The van der Waals surface area contributed by atoms with E-state index in [4.69, 9.17) is 26.8 Å². The Bertz CT molecular complexity index is 569. The molecule has 0 spiro atoms. The summed E-state index contributed by atoms with van der Waals surface area (Å²) in [5, 5.41) is 3.51. The zero-order valence-corrected chi connectivity index (χ0v) is 14.4. The molecular formula is C16H22Cl2N2O3. The lowest BCUT2D eigenvalue weighted by Crippen LogP contribution is -2.34. The van der Waals surface area contributed by atoms with Crippen LogP contribution in [-0.4, -0.2) is 25.7 Å². The molecule has 0 radical (unpaired) electrons. The normalized spacial score (nSPS) is 22.3. The zero-order chi connectivity index (χ0) is 15.5. The summed E-state index contributed by atoms with van der Waals surface area (Å²) in [5.41, 5.74) is 6.64. The standard InChI is InChI=1S/C16H21ClN2O3.ClH/c17-13-6-10(7-14-15(13)22-5-4-21-14)9-19-16(20)12-3-1-2-11(12)8-18;/h6-7,11-12H,1-5,8-9,18H2,(H,19,20);1H/t11-,12-;/m1./s1. The maximum Gasteiger partial charge on any atom is 0.223 e. The monoisotopic (exact) mass is 360 g/mol. The molecule has 3 rings (SSSR count). The van der Waals surface area contributed by atoms with Gasteiger partial charge < -0.3 is 20.5 Å². The predicted molar refractivity (Wildman–Crippen MR) is 91.4 cm³/mol. The van der Waals surface area contributed by atoms with Gasteiger partial charge in [0.1, 0.15) is 13.2 Å². The summed E-state index contributed by atoms with van der Waals surface area (Å²) in [6.45, 7) is 2.03. The molecule has 1 saturated carbocycles. The van der Waals surface area contributed by atoms with Gasteiger partial charge in [0.05, 0.1) is 5.02 Å². The third kappa shape index (κ3) is 4.03. The van der Waals surface area contributed by atoms with Crippen molar-refractivity contribution >= 4 is 29.9 Å². The molecular weight excluding hydrogens is 339 g/mol. The minimum absolute atomic E-state index is 0. The van der Waals surface area contributed by atoms with Crippen LogP contribution in [-0.2, 0) is 11.3 Å². The molecule has 5 nitrogen and oxygen atoms in total. The van der Waals surface area contributed by atoms with Crippen LogP contribution >= 0.6 is 24.0 Å². The van der Waals surface area contributed by atoms with Gasteiger partial charge in [0.2, 0.25) is 5.91 Å². The third-order valence-corrected chi connectivity index (χ3v) is 4.70. The van der Waals surface area contributed by atoms with Crippen molar-refractivity contribution in [2.75, 3.05) is 19.8 Å². The highest BCUT2D eigenvalue weighted by Crippen LogP contribution is 2.38. The Morgan fingerprint density at radius 3 is 2.87 bits per heavy atom. The summed E-state index contributed by atoms with van der Waals surface area (Å²) in [5.74, 6) is 1.66. The Kier molecular flexibility index (Phi) is 6.39. The number of nitrogens with one attached hydrogen (secondary N) is 1. The lowest BCUT2D eigenvalue weighted by atomic mass is 9.95. The zero-order valence-electron chi connectivity index (χ0n) is 12.8. The number of benzene rings is 1. The maximum absolute atomic E-state index is 12.3. The second-order valence-corrected chi connectivity index (χ2v) is 6.26. The molecule has 1 aliphatic heterocycles. The number of halogens is 2. The molecule has 0 unspecified atom stereocenters. The van der Waals surface area contributed by atoms with Gasteiger partial charge >= 0.3 is 0 Å². The first-order valence-corrected chi connectivity index (χ1v) is 8.12. The number of carbonyl (C=O) groups is 1. The van der Waals surface area contributed by atoms with E-state index in [1.54, 1.807) is 0 Å². The summed E-state index contributed by atoms with van der Waals surface area (Å²) >= 11 is 6.20. The van der Waals surface area contributed by atoms with Crippen molar-refractivity contribution in [3.8, 4) is 11.5 Å². The first kappa shape index (κ1) is 18.2. The molecule has 2 aliphatic rings. The van der Waals surface area contributed by atoms with E-state index < -0.39 is 0 Å². The van der Waals surface area contributed by atoms with Crippen LogP contribution in [0, 0.1) is 11.8 Å². The molecule has 1 aromatic rings. The summed E-state index contributed by atoms with van der Waals surface area (Å²) in [7, 11) is 0. The number of amides is 1. The lowest BCUT2D eigenvalue weighted by molar-refractivity contribution is -0.126. The van der Waals surface area contributed by atoms with E-state index in [0.29, 0.717) is 48.7 Å². The van der Waals surface area contributed by atoms with Gasteiger partial charge in [-0.2, -0.15) is 0 Å². The number of nitrogens with two attached hydrogens (primary N) is 1. The molecule has 1 heterocycles. The van der Waals surface area contributed by atoms with Crippen molar-refractivity contribution in [3.63, 3.8) is 0 Å². The summed E-state index contributed by atoms with van der Waals surface area (Å²) in [6, 6.07) is 3.68. The molecule has 1 aromatic carbocycles. The molecule has 3 N–H and O–H groups in total. The highest BCUT2D eigenvalue weighted by atomic mass is 35.5. The van der Waals surface area contributed by atoms with E-state index in [-0.39, 0.29) is 24.2 Å². The van der Waals surface area contributed by atoms with Gasteiger partial charge in [-0.25, -0.2) is 0 Å². The molecule has 0 bridgehead atoms. The smallest absolute Gasteiger partial charge is 0.223 e. The first-order valence-electron chi connectivity index (χ1n) is 7.75. The molecule has 23 heavy (non-hydrogen) atoms. The number of fused-ring (bicyclic) bond motifs is 1. The molecule has 1 fully saturated rings. The van der Waals surface area contributed by atoms with E-state index in [2.05, 4.69) is 5.32 Å². The van der Waals surface area contributed by atoms with Crippen LogP contribution < -0.4 is 20.5 Å². The van der Waals surface area contributed by atoms with Crippen LogP contribution in [0.3, 0.4) is 0 Å². The van der Waals surface area contributed by atoms with Crippen molar-refractivity contribution in [1.29, 1.82) is 0 Å². The van der Waals surface area contributed by atoms with Crippen LogP contribution in [0.15, 0.2) is 12.1 Å². The van der Waals surface area contributed by atoms with Gasteiger partial charge in [-0.3, -0.25) is 4.79 Å². The van der Waals surface area contributed by atoms with Crippen LogP contribution in [0.25, 0.3) is 0 Å². The Hall–Kier alpha value is -1.17. The average molecular weight is 361 g/mol. The van der Waals surface area contributed by atoms with Gasteiger partial charge in [0, 0.05) is 12.5 Å². The Labute approximate surface area is 147 Å². The van der Waals surface area contributed by atoms with Crippen molar-refractivity contribution in [1.82, 2.24) is 5.32 Å². The van der Waals surface area contributed by atoms with Crippen molar-refractivity contribution < 1.29 is 14.3 Å². The van der Waals surface area contributed by atoms with Gasteiger partial charge in [-0.1, -0.05) is 18.0 Å². The van der Waals surface area contributed by atoms with E-state index >= 15 is 0 Å². The molecule has 1 aliphatic carbocycles. The van der Waals surface area contributed by atoms with Crippen LogP contribution in [0.2, 0.25) is 5.02 Å². The number of ether oxygens (including phenoxy) is 2.